The second kappa shape index (κ2) is 8.75. The van der Waals surface area contributed by atoms with E-state index in [4.69, 9.17) is 5.26 Å². The number of nitriles is 1. The zero-order chi connectivity index (χ0) is 21.7. The molecule has 1 N–H and O–H groups in total. The first-order valence-electron chi connectivity index (χ1n) is 9.20. The molecule has 1 aromatic heterocycles. The van der Waals surface area contributed by atoms with Crippen LogP contribution in [-0.4, -0.2) is 51.5 Å². The lowest BCUT2D eigenvalue weighted by molar-refractivity contribution is -0.131. The Hall–Kier alpha value is -3.72. The van der Waals surface area contributed by atoms with Crippen LogP contribution in [0.3, 0.4) is 0 Å². The fraction of sp³-hybridized carbons (Fsp3) is 0.333. The first-order chi connectivity index (χ1) is 14.3. The summed E-state index contributed by atoms with van der Waals surface area (Å²) in [5, 5.41) is 15.5. The van der Waals surface area contributed by atoms with Gasteiger partial charge < -0.3 is 10.2 Å². The molecule has 7 nitrogen and oxygen atoms in total. The number of nitrogens with zero attached hydrogens (tertiary/aromatic N) is 4. The molecular formula is C21H19F2N5O2. The molecule has 154 valence electrons. The van der Waals surface area contributed by atoms with Crippen LogP contribution in [0.5, 0.6) is 0 Å². The number of carbonyl (C=O) groups is 2. The third-order valence-electron chi connectivity index (χ3n) is 4.60. The number of hydrogen-bond donors (Lipinski definition) is 1. The van der Waals surface area contributed by atoms with E-state index < -0.39 is 43.3 Å². The number of amides is 2. The molecule has 0 saturated carbocycles. The summed E-state index contributed by atoms with van der Waals surface area (Å²) in [6.45, 7) is 0.914. The van der Waals surface area contributed by atoms with Gasteiger partial charge in [0, 0.05) is 18.2 Å². The molecule has 0 unspecified atom stereocenters. The summed E-state index contributed by atoms with van der Waals surface area (Å²) >= 11 is 0. The number of rotatable bonds is 5. The van der Waals surface area contributed by atoms with Gasteiger partial charge >= 0.3 is 0 Å². The van der Waals surface area contributed by atoms with E-state index >= 15 is 0 Å². The van der Waals surface area contributed by atoms with Gasteiger partial charge in [-0.25, -0.2) is 8.78 Å². The normalized spacial score (nSPS) is 17.0. The van der Waals surface area contributed by atoms with Crippen LogP contribution in [-0.2, 0) is 11.3 Å². The maximum Gasteiger partial charge on any atom is 0.268 e. The van der Waals surface area contributed by atoms with Crippen LogP contribution in [0.25, 0.3) is 0 Å². The minimum atomic E-state index is -3.09. The molecule has 3 rings (SSSR count). The van der Waals surface area contributed by atoms with Gasteiger partial charge in [0.2, 0.25) is 5.91 Å². The van der Waals surface area contributed by atoms with Crippen LogP contribution < -0.4 is 5.32 Å². The highest BCUT2D eigenvalue weighted by Gasteiger charge is 2.47. The van der Waals surface area contributed by atoms with E-state index in [1.54, 1.807) is 17.7 Å². The average molecular weight is 411 g/mol. The Balaban J connectivity index is 1.55. The number of alkyl halides is 2. The number of halogens is 2. The maximum atomic E-state index is 13.4. The number of benzene rings is 1. The second-order valence-corrected chi connectivity index (χ2v) is 6.91. The highest BCUT2D eigenvalue weighted by Crippen LogP contribution is 2.31. The van der Waals surface area contributed by atoms with E-state index in [0.29, 0.717) is 6.54 Å². The largest absolute Gasteiger partial charge is 0.343 e. The van der Waals surface area contributed by atoms with Gasteiger partial charge in [0.15, 0.2) is 0 Å². The number of hydrogen-bond acceptors (Lipinski definition) is 4. The molecule has 2 amide bonds. The Morgan fingerprint density at radius 2 is 2.07 bits per heavy atom. The minimum Gasteiger partial charge on any atom is -0.343 e. The van der Waals surface area contributed by atoms with Gasteiger partial charge in [-0.15, -0.1) is 5.92 Å². The molecule has 0 spiro atoms. The van der Waals surface area contributed by atoms with E-state index in [-0.39, 0.29) is 5.56 Å². The van der Waals surface area contributed by atoms with E-state index in [2.05, 4.69) is 22.3 Å². The summed E-state index contributed by atoms with van der Waals surface area (Å²) < 4.78 is 28.5. The lowest BCUT2D eigenvalue weighted by Gasteiger charge is -2.19. The Morgan fingerprint density at radius 3 is 2.73 bits per heavy atom. The molecule has 1 aromatic carbocycles. The number of aromatic nitrogens is 2. The summed E-state index contributed by atoms with van der Waals surface area (Å²) in [7, 11) is 0. The molecular weight excluding hydrogens is 392 g/mol. The highest BCUT2D eigenvalue weighted by molar-refractivity contribution is 5.96. The van der Waals surface area contributed by atoms with Crippen molar-refractivity contribution in [2.75, 3.05) is 13.1 Å². The molecule has 9 heteroatoms. The second-order valence-electron chi connectivity index (χ2n) is 6.91. The van der Waals surface area contributed by atoms with Crippen molar-refractivity contribution in [3.05, 3.63) is 53.3 Å². The van der Waals surface area contributed by atoms with Gasteiger partial charge in [-0.05, 0) is 24.6 Å². The van der Waals surface area contributed by atoms with Gasteiger partial charge in [0.05, 0.1) is 37.5 Å². The molecule has 1 atom stereocenters. The topological polar surface area (TPSA) is 91.0 Å². The quantitative estimate of drug-likeness (QED) is 0.760. The SMILES string of the molecule is CC#Cc1ccc(Cn2cc(C(=O)NCC(=O)N3CC(F)(F)C[C@H]3C#N)cn2)cc1. The number of likely N-dealkylation sites (tertiary alicyclic amines) is 1. The Bertz CT molecular complexity index is 1040. The van der Waals surface area contributed by atoms with Gasteiger partial charge in [-0.1, -0.05) is 18.1 Å². The third kappa shape index (κ3) is 5.00. The molecule has 2 aromatic rings. The summed E-state index contributed by atoms with van der Waals surface area (Å²) in [6, 6.07) is 8.12. The van der Waals surface area contributed by atoms with Crippen LogP contribution in [0.4, 0.5) is 8.78 Å². The van der Waals surface area contributed by atoms with E-state index in [9.17, 15) is 18.4 Å². The average Bonchev–Trinajstić information content (AvgIpc) is 3.31. The predicted molar refractivity (Wildman–Crippen MR) is 103 cm³/mol. The van der Waals surface area contributed by atoms with Crippen molar-refractivity contribution in [2.24, 2.45) is 0 Å². The fourth-order valence-electron chi connectivity index (χ4n) is 3.15. The number of carbonyl (C=O) groups excluding carboxylic acids is 2. The van der Waals surface area contributed by atoms with Crippen molar-refractivity contribution < 1.29 is 18.4 Å². The molecule has 0 aliphatic carbocycles. The molecule has 2 heterocycles. The monoisotopic (exact) mass is 411 g/mol. The standard InChI is InChI=1S/C21H19F2N5O2/c1-2-3-15-4-6-16(7-5-15)12-27-13-17(10-26-27)20(30)25-11-19(29)28-14-21(22,23)8-18(28)9-24/h4-7,10,13,18H,8,11-12,14H2,1H3,(H,25,30)/t18-/m0/s1. The summed E-state index contributed by atoms with van der Waals surface area (Å²) in [4.78, 5) is 25.2. The first kappa shape index (κ1) is 21.0. The van der Waals surface area contributed by atoms with Crippen LogP contribution in [0.1, 0.15) is 34.8 Å². The zero-order valence-electron chi connectivity index (χ0n) is 16.2. The fourth-order valence-corrected chi connectivity index (χ4v) is 3.15. The van der Waals surface area contributed by atoms with Gasteiger partial charge in [-0.2, -0.15) is 10.4 Å². The van der Waals surface area contributed by atoms with Crippen molar-refractivity contribution in [3.63, 3.8) is 0 Å². The number of nitrogens with one attached hydrogen (secondary N) is 1. The smallest absolute Gasteiger partial charge is 0.268 e. The summed E-state index contributed by atoms with van der Waals surface area (Å²) in [6.07, 6.45) is 2.20. The van der Waals surface area contributed by atoms with Crippen molar-refractivity contribution >= 4 is 11.8 Å². The predicted octanol–water partition coefficient (Wildman–Crippen LogP) is 1.79. The molecule has 1 saturated heterocycles. The molecule has 1 aliphatic heterocycles. The van der Waals surface area contributed by atoms with Crippen molar-refractivity contribution in [2.45, 2.75) is 31.9 Å². The van der Waals surface area contributed by atoms with Crippen molar-refractivity contribution in [1.82, 2.24) is 20.0 Å². The minimum absolute atomic E-state index is 0.236. The summed E-state index contributed by atoms with van der Waals surface area (Å²) in [5.74, 6) is 1.41. The highest BCUT2D eigenvalue weighted by atomic mass is 19.3. The van der Waals surface area contributed by atoms with E-state index in [0.717, 1.165) is 16.0 Å². The van der Waals surface area contributed by atoms with Crippen molar-refractivity contribution in [3.8, 4) is 17.9 Å². The Kier molecular flexibility index (Phi) is 6.12. The third-order valence-corrected chi connectivity index (χ3v) is 4.60. The zero-order valence-corrected chi connectivity index (χ0v) is 16.2. The van der Waals surface area contributed by atoms with Gasteiger partial charge in [-0.3, -0.25) is 14.3 Å². The summed E-state index contributed by atoms with van der Waals surface area (Å²) in [5.41, 5.74) is 2.11. The van der Waals surface area contributed by atoms with Crippen LogP contribution in [0.15, 0.2) is 36.7 Å². The molecule has 30 heavy (non-hydrogen) atoms. The Morgan fingerprint density at radius 1 is 1.33 bits per heavy atom. The van der Waals surface area contributed by atoms with Crippen LogP contribution in [0, 0.1) is 23.2 Å². The van der Waals surface area contributed by atoms with Crippen LogP contribution in [0.2, 0.25) is 0 Å². The lowest BCUT2D eigenvalue weighted by Crippen LogP contribution is -2.42. The van der Waals surface area contributed by atoms with E-state index in [1.165, 1.54) is 12.4 Å². The molecule has 1 fully saturated rings. The molecule has 0 radical (unpaired) electrons. The van der Waals surface area contributed by atoms with E-state index in [1.807, 2.05) is 24.3 Å². The molecule has 1 aliphatic rings. The van der Waals surface area contributed by atoms with Gasteiger partial charge in [0.25, 0.3) is 11.8 Å². The maximum absolute atomic E-state index is 13.4. The first-order valence-corrected chi connectivity index (χ1v) is 9.20. The van der Waals surface area contributed by atoms with Crippen molar-refractivity contribution in [1.29, 1.82) is 5.26 Å². The van der Waals surface area contributed by atoms with Gasteiger partial charge in [0.1, 0.15) is 6.04 Å². The Labute approximate surface area is 172 Å². The van der Waals surface area contributed by atoms with Crippen LogP contribution >= 0.6 is 0 Å². The lowest BCUT2D eigenvalue weighted by atomic mass is 10.1. The molecule has 0 bridgehead atoms.